The number of rotatable bonds is 4. The van der Waals surface area contributed by atoms with Gasteiger partial charge in [0.25, 0.3) is 0 Å². The van der Waals surface area contributed by atoms with Crippen LogP contribution in [-0.4, -0.2) is 22.8 Å². The highest BCUT2D eigenvalue weighted by molar-refractivity contribution is 5.94. The van der Waals surface area contributed by atoms with Crippen molar-refractivity contribution >= 4 is 16.9 Å². The molecule has 0 spiro atoms. The van der Waals surface area contributed by atoms with E-state index in [1.807, 2.05) is 35.9 Å². The fourth-order valence-corrected chi connectivity index (χ4v) is 2.24. The van der Waals surface area contributed by atoms with Crippen LogP contribution >= 0.6 is 0 Å². The maximum Gasteiger partial charge on any atom is 0.310 e. The Hall–Kier alpha value is -1.97. The summed E-state index contributed by atoms with van der Waals surface area (Å²) in [6, 6.07) is 5.77. The third-order valence-electron chi connectivity index (χ3n) is 3.29. The average Bonchev–Trinajstić information content (AvgIpc) is 2.76. The molecular formula is C14H17NO3. The monoisotopic (exact) mass is 247 g/mol. The summed E-state index contributed by atoms with van der Waals surface area (Å²) >= 11 is 0. The third kappa shape index (κ3) is 1.83. The van der Waals surface area contributed by atoms with Gasteiger partial charge >= 0.3 is 5.97 Å². The van der Waals surface area contributed by atoms with Gasteiger partial charge in [-0.3, -0.25) is 4.79 Å². The predicted molar refractivity (Wildman–Crippen MR) is 70.2 cm³/mol. The minimum absolute atomic E-state index is 0.545. The molecule has 1 heterocycles. The number of aliphatic carboxylic acids is 1. The van der Waals surface area contributed by atoms with E-state index in [0.717, 1.165) is 28.8 Å². The van der Waals surface area contributed by atoms with Gasteiger partial charge in [0.2, 0.25) is 0 Å². The number of hydrogen-bond acceptors (Lipinski definition) is 2. The van der Waals surface area contributed by atoms with Crippen LogP contribution in [0, 0.1) is 0 Å². The summed E-state index contributed by atoms with van der Waals surface area (Å²) in [7, 11) is 1.60. The molecular weight excluding hydrogens is 230 g/mol. The molecule has 1 aromatic carbocycles. The van der Waals surface area contributed by atoms with Crippen LogP contribution in [0.15, 0.2) is 24.4 Å². The van der Waals surface area contributed by atoms with Crippen LogP contribution in [-0.2, 0) is 11.3 Å². The number of aromatic nitrogens is 1. The van der Waals surface area contributed by atoms with Gasteiger partial charge in [-0.25, -0.2) is 0 Å². The molecule has 0 saturated heterocycles. The van der Waals surface area contributed by atoms with E-state index in [0.29, 0.717) is 0 Å². The Kier molecular flexibility index (Phi) is 3.28. The van der Waals surface area contributed by atoms with Crippen molar-refractivity contribution in [1.29, 1.82) is 0 Å². The van der Waals surface area contributed by atoms with Gasteiger partial charge in [-0.2, -0.15) is 0 Å². The van der Waals surface area contributed by atoms with Crippen molar-refractivity contribution in [3.8, 4) is 5.75 Å². The Balaban J connectivity index is 2.76. The molecule has 0 aliphatic carbocycles. The van der Waals surface area contributed by atoms with Crippen molar-refractivity contribution in [1.82, 2.24) is 4.57 Å². The summed E-state index contributed by atoms with van der Waals surface area (Å²) in [5.74, 6) is -0.643. The lowest BCUT2D eigenvalue weighted by molar-refractivity contribution is -0.138. The molecule has 96 valence electrons. The molecule has 0 aliphatic heterocycles. The van der Waals surface area contributed by atoms with E-state index in [2.05, 4.69) is 0 Å². The number of carboxylic acid groups (broad SMARTS) is 1. The van der Waals surface area contributed by atoms with Crippen LogP contribution in [0.1, 0.15) is 25.3 Å². The number of fused-ring (bicyclic) bond motifs is 1. The minimum atomic E-state index is -0.823. The first-order valence-electron chi connectivity index (χ1n) is 5.98. The van der Waals surface area contributed by atoms with Gasteiger partial charge < -0.3 is 14.4 Å². The Bertz CT molecular complexity index is 586. The van der Waals surface area contributed by atoms with E-state index >= 15 is 0 Å². The molecule has 0 fully saturated rings. The second kappa shape index (κ2) is 4.72. The second-order valence-electron chi connectivity index (χ2n) is 4.28. The van der Waals surface area contributed by atoms with Crippen LogP contribution < -0.4 is 4.74 Å². The Morgan fingerprint density at radius 2 is 2.22 bits per heavy atom. The van der Waals surface area contributed by atoms with E-state index in [-0.39, 0.29) is 0 Å². The highest BCUT2D eigenvalue weighted by Crippen LogP contribution is 2.34. The standard InChI is InChI=1S/C14H17NO3/c1-4-15-8-10(9(2)14(16)17)13-11(15)6-5-7-12(13)18-3/h5-9H,4H2,1-3H3,(H,16,17). The van der Waals surface area contributed by atoms with Gasteiger partial charge in [-0.1, -0.05) is 6.07 Å². The van der Waals surface area contributed by atoms with Gasteiger partial charge in [0.05, 0.1) is 18.5 Å². The first-order valence-corrected chi connectivity index (χ1v) is 5.98. The molecule has 0 aliphatic rings. The van der Waals surface area contributed by atoms with Crippen molar-refractivity contribution in [2.75, 3.05) is 7.11 Å². The molecule has 0 amide bonds. The summed E-state index contributed by atoms with van der Waals surface area (Å²) in [6.07, 6.45) is 1.91. The zero-order valence-corrected chi connectivity index (χ0v) is 10.8. The van der Waals surface area contributed by atoms with Crippen LogP contribution in [0.5, 0.6) is 5.75 Å². The van der Waals surface area contributed by atoms with E-state index in [4.69, 9.17) is 4.74 Å². The summed E-state index contributed by atoms with van der Waals surface area (Å²) in [5.41, 5.74) is 1.82. The summed E-state index contributed by atoms with van der Waals surface area (Å²) < 4.78 is 7.40. The molecule has 18 heavy (non-hydrogen) atoms. The van der Waals surface area contributed by atoms with Gasteiger partial charge in [0.1, 0.15) is 5.75 Å². The van der Waals surface area contributed by atoms with Crippen LogP contribution in [0.3, 0.4) is 0 Å². The fraction of sp³-hybridized carbons (Fsp3) is 0.357. The SMILES string of the molecule is CCn1cc(C(C)C(=O)O)c2c(OC)cccc21. The summed E-state index contributed by atoms with van der Waals surface area (Å²) in [4.78, 5) is 11.2. The fourth-order valence-electron chi connectivity index (χ4n) is 2.24. The quantitative estimate of drug-likeness (QED) is 0.903. The molecule has 4 nitrogen and oxygen atoms in total. The van der Waals surface area contributed by atoms with Crippen LogP contribution in [0.2, 0.25) is 0 Å². The molecule has 0 radical (unpaired) electrons. The maximum atomic E-state index is 11.2. The van der Waals surface area contributed by atoms with Gasteiger partial charge in [0, 0.05) is 18.1 Å². The van der Waals surface area contributed by atoms with Gasteiger partial charge in [-0.15, -0.1) is 0 Å². The van der Waals surface area contributed by atoms with Crippen molar-refractivity contribution < 1.29 is 14.6 Å². The topological polar surface area (TPSA) is 51.5 Å². The number of carbonyl (C=O) groups is 1. The normalized spacial score (nSPS) is 12.6. The molecule has 1 aromatic heterocycles. The largest absolute Gasteiger partial charge is 0.496 e. The highest BCUT2D eigenvalue weighted by atomic mass is 16.5. The molecule has 1 unspecified atom stereocenters. The molecule has 0 bridgehead atoms. The second-order valence-corrected chi connectivity index (χ2v) is 4.28. The Morgan fingerprint density at radius 3 is 2.78 bits per heavy atom. The number of benzene rings is 1. The lowest BCUT2D eigenvalue weighted by Crippen LogP contribution is -2.07. The van der Waals surface area contributed by atoms with E-state index in [1.54, 1.807) is 14.0 Å². The highest BCUT2D eigenvalue weighted by Gasteiger charge is 2.21. The van der Waals surface area contributed by atoms with Crippen LogP contribution in [0.25, 0.3) is 10.9 Å². The number of ether oxygens (including phenoxy) is 1. The number of carboxylic acids is 1. The number of hydrogen-bond donors (Lipinski definition) is 1. The van der Waals surface area contributed by atoms with Crippen molar-refractivity contribution in [3.05, 3.63) is 30.0 Å². The maximum absolute atomic E-state index is 11.2. The molecule has 2 rings (SSSR count). The first kappa shape index (κ1) is 12.5. The molecule has 0 saturated carbocycles. The minimum Gasteiger partial charge on any atom is -0.496 e. The average molecular weight is 247 g/mol. The Morgan fingerprint density at radius 1 is 1.50 bits per heavy atom. The lowest BCUT2D eigenvalue weighted by atomic mass is 10.0. The third-order valence-corrected chi connectivity index (χ3v) is 3.29. The summed E-state index contributed by atoms with van der Waals surface area (Å²) in [5, 5.41) is 10.1. The zero-order valence-electron chi connectivity index (χ0n) is 10.8. The molecule has 1 N–H and O–H groups in total. The molecule has 4 heteroatoms. The number of methoxy groups -OCH3 is 1. The van der Waals surface area contributed by atoms with E-state index in [9.17, 15) is 9.90 Å². The molecule has 1 atom stereocenters. The van der Waals surface area contributed by atoms with Gasteiger partial charge in [0.15, 0.2) is 0 Å². The summed E-state index contributed by atoms with van der Waals surface area (Å²) in [6.45, 7) is 4.54. The molecule has 2 aromatic rings. The van der Waals surface area contributed by atoms with Gasteiger partial charge in [-0.05, 0) is 31.5 Å². The first-order chi connectivity index (χ1) is 8.60. The zero-order chi connectivity index (χ0) is 13.3. The van der Waals surface area contributed by atoms with Crippen molar-refractivity contribution in [3.63, 3.8) is 0 Å². The van der Waals surface area contributed by atoms with Crippen molar-refractivity contribution in [2.24, 2.45) is 0 Å². The van der Waals surface area contributed by atoms with Crippen molar-refractivity contribution in [2.45, 2.75) is 26.3 Å². The Labute approximate surface area is 106 Å². The van der Waals surface area contributed by atoms with Crippen LogP contribution in [0.4, 0.5) is 0 Å². The van der Waals surface area contributed by atoms with E-state index < -0.39 is 11.9 Å². The van der Waals surface area contributed by atoms with E-state index in [1.165, 1.54) is 0 Å². The predicted octanol–water partition coefficient (Wildman–Crippen LogP) is 2.86. The number of nitrogens with zero attached hydrogens (tertiary/aromatic N) is 1. The number of aryl methyl sites for hydroxylation is 1. The lowest BCUT2D eigenvalue weighted by Gasteiger charge is -2.07. The smallest absolute Gasteiger partial charge is 0.310 e.